The minimum atomic E-state index is -0.371. The number of benzene rings is 1. The van der Waals surface area contributed by atoms with Crippen LogP contribution in [0.5, 0.6) is 5.75 Å². The van der Waals surface area contributed by atoms with Gasteiger partial charge in [0, 0.05) is 0 Å². The third-order valence-electron chi connectivity index (χ3n) is 1.54. The maximum atomic E-state index is 10.9. The monoisotopic (exact) mass is 190 g/mol. The van der Waals surface area contributed by atoms with Gasteiger partial charge in [0.05, 0.1) is 6.61 Å². The Kier molecular flexibility index (Phi) is 4.04. The normalized spacial score (nSPS) is 9.50. The lowest BCUT2D eigenvalue weighted by Gasteiger charge is -2.05. The molecule has 0 N–H and O–H groups in total. The van der Waals surface area contributed by atoms with Crippen molar-refractivity contribution in [2.45, 2.75) is 6.92 Å². The summed E-state index contributed by atoms with van der Waals surface area (Å²) in [5.74, 6) is 0.233. The Morgan fingerprint density at radius 3 is 2.57 bits per heavy atom. The Labute approximate surface area is 84.4 Å². The van der Waals surface area contributed by atoms with Crippen LogP contribution in [0.25, 0.3) is 0 Å². The smallest absolute Gasteiger partial charge is 0.344 e. The highest BCUT2D eigenvalue weighted by Gasteiger charge is 2.01. The van der Waals surface area contributed by atoms with Crippen molar-refractivity contribution in [3.63, 3.8) is 0 Å². The molecule has 2 radical (unpaired) electrons. The Morgan fingerprint density at radius 1 is 1.36 bits per heavy atom. The number of esters is 1. The lowest BCUT2D eigenvalue weighted by Crippen LogP contribution is -2.14. The van der Waals surface area contributed by atoms with Gasteiger partial charge in [-0.05, 0) is 19.1 Å². The van der Waals surface area contributed by atoms with Gasteiger partial charge in [-0.2, -0.15) is 0 Å². The zero-order valence-corrected chi connectivity index (χ0v) is 8.03. The number of ether oxygens (including phenoxy) is 2. The summed E-state index contributed by atoms with van der Waals surface area (Å²) in [4.78, 5) is 10.9. The van der Waals surface area contributed by atoms with E-state index in [1.165, 1.54) is 0 Å². The minimum absolute atomic E-state index is 0.0717. The molecule has 14 heavy (non-hydrogen) atoms. The van der Waals surface area contributed by atoms with Gasteiger partial charge < -0.3 is 9.47 Å². The van der Waals surface area contributed by atoms with Crippen LogP contribution in [0.3, 0.4) is 0 Å². The van der Waals surface area contributed by atoms with E-state index >= 15 is 0 Å². The topological polar surface area (TPSA) is 35.5 Å². The number of rotatable bonds is 4. The average Bonchev–Trinajstić information content (AvgIpc) is 2.17. The zero-order chi connectivity index (χ0) is 10.4. The lowest BCUT2D eigenvalue weighted by atomic mass is 9.97. The molecule has 1 aromatic carbocycles. The van der Waals surface area contributed by atoms with E-state index in [4.69, 9.17) is 17.3 Å². The van der Waals surface area contributed by atoms with Gasteiger partial charge in [-0.1, -0.05) is 17.6 Å². The molecule has 0 atom stereocenters. The van der Waals surface area contributed by atoms with Gasteiger partial charge >= 0.3 is 5.97 Å². The van der Waals surface area contributed by atoms with Gasteiger partial charge in [0.1, 0.15) is 13.6 Å². The molecule has 0 aliphatic carbocycles. The van der Waals surface area contributed by atoms with Crippen LogP contribution >= 0.6 is 0 Å². The van der Waals surface area contributed by atoms with Crippen LogP contribution < -0.4 is 10.2 Å². The van der Waals surface area contributed by atoms with E-state index in [1.807, 2.05) is 0 Å². The van der Waals surface area contributed by atoms with Crippen molar-refractivity contribution < 1.29 is 14.3 Å². The third-order valence-corrected chi connectivity index (χ3v) is 1.54. The van der Waals surface area contributed by atoms with Gasteiger partial charge in [-0.3, -0.25) is 0 Å². The van der Waals surface area contributed by atoms with Crippen LogP contribution in [-0.4, -0.2) is 27.0 Å². The van der Waals surface area contributed by atoms with E-state index in [-0.39, 0.29) is 12.6 Å². The molecule has 0 bridgehead atoms. The molecule has 0 saturated carbocycles. The fraction of sp³-hybridized carbons (Fsp3) is 0.300. The summed E-state index contributed by atoms with van der Waals surface area (Å²) in [5, 5.41) is 0. The van der Waals surface area contributed by atoms with Crippen molar-refractivity contribution in [1.29, 1.82) is 0 Å². The summed E-state index contributed by atoms with van der Waals surface area (Å²) >= 11 is 0. The van der Waals surface area contributed by atoms with Crippen LogP contribution in [0.4, 0.5) is 0 Å². The van der Waals surface area contributed by atoms with Crippen molar-refractivity contribution in [1.82, 2.24) is 0 Å². The second kappa shape index (κ2) is 5.32. The highest BCUT2D eigenvalue weighted by atomic mass is 16.6. The summed E-state index contributed by atoms with van der Waals surface area (Å²) in [6, 6.07) is 6.82. The van der Waals surface area contributed by atoms with Crippen LogP contribution in [-0.2, 0) is 9.53 Å². The highest BCUT2D eigenvalue weighted by molar-refractivity contribution is 6.32. The largest absolute Gasteiger partial charge is 0.482 e. The Balaban J connectivity index is 2.38. The Hall–Kier alpha value is -1.45. The van der Waals surface area contributed by atoms with E-state index in [0.717, 1.165) is 0 Å². The molecule has 0 fully saturated rings. The van der Waals surface area contributed by atoms with Crippen LogP contribution in [0.2, 0.25) is 0 Å². The molecular formula is C10H11BO3. The molecule has 72 valence electrons. The second-order valence-corrected chi connectivity index (χ2v) is 2.66. The first-order valence-corrected chi connectivity index (χ1v) is 4.36. The molecule has 0 aliphatic rings. The van der Waals surface area contributed by atoms with Crippen LogP contribution in [0, 0.1) is 0 Å². The standard InChI is InChI=1S/C10H11BO3/c1-2-13-10(12)7-14-9-5-3-8(11)4-6-9/h3-6H,2,7H2,1H3. The summed E-state index contributed by atoms with van der Waals surface area (Å²) in [5.41, 5.74) is 0.661. The van der Waals surface area contributed by atoms with Crippen molar-refractivity contribution in [3.8, 4) is 5.75 Å². The predicted octanol–water partition coefficient (Wildman–Crippen LogP) is 0.422. The van der Waals surface area contributed by atoms with E-state index in [2.05, 4.69) is 0 Å². The van der Waals surface area contributed by atoms with Gasteiger partial charge in [0.25, 0.3) is 0 Å². The zero-order valence-electron chi connectivity index (χ0n) is 8.03. The molecule has 0 aromatic heterocycles. The highest BCUT2D eigenvalue weighted by Crippen LogP contribution is 2.06. The Morgan fingerprint density at radius 2 is 2.00 bits per heavy atom. The summed E-state index contributed by atoms with van der Waals surface area (Å²) in [6.45, 7) is 2.04. The van der Waals surface area contributed by atoms with Crippen LogP contribution in [0.1, 0.15) is 6.92 Å². The van der Waals surface area contributed by atoms with Gasteiger partial charge in [0.15, 0.2) is 6.61 Å². The number of carbonyl (C=O) groups excluding carboxylic acids is 1. The number of hydrogen-bond acceptors (Lipinski definition) is 3. The van der Waals surface area contributed by atoms with Crippen LogP contribution in [0.15, 0.2) is 24.3 Å². The van der Waals surface area contributed by atoms with Gasteiger partial charge in [-0.15, -0.1) is 0 Å². The Bertz CT molecular complexity index is 295. The minimum Gasteiger partial charge on any atom is -0.482 e. The van der Waals surface area contributed by atoms with Crippen molar-refractivity contribution in [3.05, 3.63) is 24.3 Å². The number of hydrogen-bond donors (Lipinski definition) is 0. The fourth-order valence-electron chi connectivity index (χ4n) is 0.909. The second-order valence-electron chi connectivity index (χ2n) is 2.66. The molecule has 3 nitrogen and oxygen atoms in total. The maximum Gasteiger partial charge on any atom is 0.344 e. The SMILES string of the molecule is [B]c1ccc(OCC(=O)OCC)cc1. The fourth-order valence-corrected chi connectivity index (χ4v) is 0.909. The molecule has 0 aliphatic heterocycles. The first-order chi connectivity index (χ1) is 6.72. The first kappa shape index (κ1) is 10.6. The summed E-state index contributed by atoms with van der Waals surface area (Å²) in [6.07, 6.45) is 0. The molecular weight excluding hydrogens is 179 g/mol. The van der Waals surface area contributed by atoms with Crippen molar-refractivity contribution in [2.75, 3.05) is 13.2 Å². The van der Waals surface area contributed by atoms with Gasteiger partial charge in [0.2, 0.25) is 0 Å². The molecule has 0 saturated heterocycles. The lowest BCUT2D eigenvalue weighted by molar-refractivity contribution is -0.145. The molecule has 0 unspecified atom stereocenters. The van der Waals surface area contributed by atoms with Gasteiger partial charge in [-0.25, -0.2) is 4.79 Å². The average molecular weight is 190 g/mol. The molecule has 0 spiro atoms. The first-order valence-electron chi connectivity index (χ1n) is 4.36. The molecule has 4 heteroatoms. The molecule has 0 heterocycles. The van der Waals surface area contributed by atoms with E-state index in [1.54, 1.807) is 31.2 Å². The predicted molar refractivity (Wildman–Crippen MR) is 54.0 cm³/mol. The quantitative estimate of drug-likeness (QED) is 0.509. The van der Waals surface area contributed by atoms with Crippen molar-refractivity contribution >= 4 is 19.3 Å². The summed E-state index contributed by atoms with van der Waals surface area (Å²) < 4.78 is 9.84. The summed E-state index contributed by atoms with van der Waals surface area (Å²) in [7, 11) is 5.48. The molecule has 1 rings (SSSR count). The van der Waals surface area contributed by atoms with Crippen molar-refractivity contribution in [2.24, 2.45) is 0 Å². The number of carbonyl (C=O) groups is 1. The van der Waals surface area contributed by atoms with E-state index in [0.29, 0.717) is 17.8 Å². The maximum absolute atomic E-state index is 10.9. The molecule has 1 aromatic rings. The van der Waals surface area contributed by atoms with E-state index in [9.17, 15) is 4.79 Å². The van der Waals surface area contributed by atoms with E-state index < -0.39 is 0 Å². The third kappa shape index (κ3) is 3.52. The molecule has 0 amide bonds.